The molecule has 0 bridgehead atoms. The fraction of sp³-hybridized carbons (Fsp3) is 0.458. The molecule has 0 fully saturated rings. The molecule has 1 N–H and O–H groups in total. The fourth-order valence-electron chi connectivity index (χ4n) is 4.56. The Morgan fingerprint density at radius 2 is 1.64 bits per heavy atom. The zero-order valence-electron chi connectivity index (χ0n) is 17.3. The molecule has 3 nitrogen and oxygen atoms in total. The van der Waals surface area contributed by atoms with Crippen LogP contribution < -0.4 is 4.74 Å². The minimum absolute atomic E-state index is 0.138. The molecule has 28 heavy (non-hydrogen) atoms. The molecular formula is C24H28O3S. The lowest BCUT2D eigenvalue weighted by atomic mass is 9.62. The third-order valence-corrected chi connectivity index (χ3v) is 8.01. The lowest BCUT2D eigenvalue weighted by Crippen LogP contribution is -2.34. The van der Waals surface area contributed by atoms with Gasteiger partial charge >= 0.3 is 5.97 Å². The van der Waals surface area contributed by atoms with Gasteiger partial charge in [0.05, 0.1) is 11.0 Å². The number of fused-ring (bicyclic) bond motifs is 2. The molecule has 0 amide bonds. The van der Waals surface area contributed by atoms with Gasteiger partial charge in [-0.1, -0.05) is 40.3 Å². The summed E-state index contributed by atoms with van der Waals surface area (Å²) in [6, 6.07) is 6.60. The van der Waals surface area contributed by atoms with Crippen LogP contribution in [0, 0.1) is 0 Å². The quantitative estimate of drug-likeness (QED) is 0.658. The van der Waals surface area contributed by atoms with Gasteiger partial charge in [-0.05, 0) is 64.8 Å². The van der Waals surface area contributed by atoms with Crippen molar-refractivity contribution in [3.8, 4) is 5.75 Å². The Labute approximate surface area is 171 Å². The first-order valence-corrected chi connectivity index (χ1v) is 10.7. The van der Waals surface area contributed by atoms with Crippen LogP contribution >= 0.6 is 11.3 Å². The van der Waals surface area contributed by atoms with Crippen LogP contribution in [-0.4, -0.2) is 17.7 Å². The molecule has 4 heteroatoms. The molecule has 0 saturated heterocycles. The van der Waals surface area contributed by atoms with E-state index < -0.39 is 5.97 Å². The highest BCUT2D eigenvalue weighted by atomic mass is 32.1. The van der Waals surface area contributed by atoms with Crippen LogP contribution in [0.1, 0.15) is 74.6 Å². The Bertz CT molecular complexity index is 995. The second-order valence-electron chi connectivity index (χ2n) is 9.77. The normalized spacial score (nSPS) is 24.2. The molecule has 1 aromatic heterocycles. The van der Waals surface area contributed by atoms with Crippen molar-refractivity contribution in [3.63, 3.8) is 0 Å². The topological polar surface area (TPSA) is 46.5 Å². The molecule has 2 aromatic rings. The number of hydrogen-bond donors (Lipinski definition) is 1. The zero-order chi connectivity index (χ0) is 20.5. The smallest absolute Gasteiger partial charge is 0.335 e. The van der Waals surface area contributed by atoms with Gasteiger partial charge in [0.15, 0.2) is 0 Å². The van der Waals surface area contributed by atoms with Gasteiger partial charge in [-0.25, -0.2) is 4.79 Å². The number of carboxylic acids is 1. The maximum Gasteiger partial charge on any atom is 0.335 e. The van der Waals surface area contributed by atoms with Gasteiger partial charge in [-0.2, -0.15) is 0 Å². The summed E-state index contributed by atoms with van der Waals surface area (Å²) in [6.07, 6.45) is 2.35. The Morgan fingerprint density at radius 1 is 1.04 bits per heavy atom. The van der Waals surface area contributed by atoms with Crippen LogP contribution in [0.3, 0.4) is 0 Å². The first-order valence-electron chi connectivity index (χ1n) is 9.80. The van der Waals surface area contributed by atoms with Crippen molar-refractivity contribution in [1.29, 1.82) is 0 Å². The number of aliphatic carboxylic acids is 1. The van der Waals surface area contributed by atoms with Crippen molar-refractivity contribution >= 4 is 22.9 Å². The number of benzene rings is 1. The molecular weight excluding hydrogens is 368 g/mol. The molecule has 0 saturated carbocycles. The highest BCUT2D eigenvalue weighted by Gasteiger charge is 2.44. The van der Waals surface area contributed by atoms with Crippen molar-refractivity contribution in [2.45, 2.75) is 63.7 Å². The zero-order valence-corrected chi connectivity index (χ0v) is 18.1. The summed E-state index contributed by atoms with van der Waals surface area (Å²) in [6.45, 7) is 15.8. The third kappa shape index (κ3) is 2.73. The van der Waals surface area contributed by atoms with Gasteiger partial charge in [0.1, 0.15) is 12.4 Å². The van der Waals surface area contributed by atoms with Crippen LogP contribution in [0.15, 0.2) is 30.2 Å². The van der Waals surface area contributed by atoms with Gasteiger partial charge in [0.25, 0.3) is 0 Å². The van der Waals surface area contributed by atoms with Crippen molar-refractivity contribution in [1.82, 2.24) is 0 Å². The van der Waals surface area contributed by atoms with Crippen LogP contribution in [0.2, 0.25) is 0 Å². The maximum absolute atomic E-state index is 11.3. The largest absolute Gasteiger partial charge is 0.492 e. The number of hydrogen-bond acceptors (Lipinski definition) is 3. The molecule has 1 atom stereocenters. The fourth-order valence-corrected chi connectivity index (χ4v) is 5.64. The Balaban J connectivity index is 1.84. The average Bonchev–Trinajstić information content (AvgIpc) is 3.24. The summed E-state index contributed by atoms with van der Waals surface area (Å²) < 4.78 is 6.18. The van der Waals surface area contributed by atoms with E-state index in [1.165, 1.54) is 29.5 Å². The van der Waals surface area contributed by atoms with Crippen molar-refractivity contribution in [3.05, 3.63) is 57.3 Å². The highest BCUT2D eigenvalue weighted by Crippen LogP contribution is 2.52. The molecule has 148 valence electrons. The van der Waals surface area contributed by atoms with Gasteiger partial charge < -0.3 is 9.84 Å². The van der Waals surface area contributed by atoms with E-state index in [1.54, 1.807) is 11.3 Å². The molecule has 1 unspecified atom stereocenters. The average molecular weight is 397 g/mol. The molecule has 1 aliphatic heterocycles. The van der Waals surface area contributed by atoms with E-state index in [-0.39, 0.29) is 21.8 Å². The van der Waals surface area contributed by atoms with Gasteiger partial charge in [0, 0.05) is 10.4 Å². The standard InChI is InChI=1S/C24H28O3S/c1-14(21(25)26)15-9-20(28-12-15)24(6)13-27-19-11-17-16(10-18(19)24)22(2,3)7-8-23(17,4)5/h9-12H,1,7-8,13H2,2-6H3,(H,25,26). The van der Waals surface area contributed by atoms with Crippen LogP contribution in [-0.2, 0) is 21.0 Å². The monoisotopic (exact) mass is 396 g/mol. The van der Waals surface area contributed by atoms with Crippen molar-refractivity contribution < 1.29 is 14.6 Å². The van der Waals surface area contributed by atoms with Gasteiger partial charge in [-0.3, -0.25) is 0 Å². The lowest BCUT2D eigenvalue weighted by Gasteiger charge is -2.42. The summed E-state index contributed by atoms with van der Waals surface area (Å²) in [5.74, 6) is -0.00494. The molecule has 4 rings (SSSR count). The first-order chi connectivity index (χ1) is 13.0. The summed E-state index contributed by atoms with van der Waals surface area (Å²) in [5, 5.41) is 11.1. The van der Waals surface area contributed by atoms with Crippen LogP contribution in [0.25, 0.3) is 5.57 Å². The minimum Gasteiger partial charge on any atom is -0.492 e. The first kappa shape index (κ1) is 19.3. The number of ether oxygens (including phenoxy) is 1. The second kappa shape index (κ2) is 5.96. The van der Waals surface area contributed by atoms with Crippen molar-refractivity contribution in [2.75, 3.05) is 6.61 Å². The van der Waals surface area contributed by atoms with E-state index in [0.29, 0.717) is 12.2 Å². The Morgan fingerprint density at radius 3 is 2.25 bits per heavy atom. The second-order valence-corrected chi connectivity index (χ2v) is 10.7. The number of thiophene rings is 1. The molecule has 0 radical (unpaired) electrons. The van der Waals surface area contributed by atoms with Gasteiger partial charge in [-0.15, -0.1) is 11.3 Å². The summed E-state index contributed by atoms with van der Waals surface area (Å²) in [5.41, 5.74) is 4.87. The summed E-state index contributed by atoms with van der Waals surface area (Å²) in [7, 11) is 0. The van der Waals surface area contributed by atoms with Crippen LogP contribution in [0.5, 0.6) is 5.75 Å². The molecule has 2 aliphatic rings. The Hall–Kier alpha value is -2.07. The Kier molecular flexibility index (Phi) is 4.10. The summed E-state index contributed by atoms with van der Waals surface area (Å²) >= 11 is 1.59. The molecule has 2 heterocycles. The van der Waals surface area contributed by atoms with Crippen LogP contribution in [0.4, 0.5) is 0 Å². The van der Waals surface area contributed by atoms with E-state index in [1.807, 2.05) is 11.4 Å². The number of carboxylic acid groups (broad SMARTS) is 1. The van der Waals surface area contributed by atoms with E-state index >= 15 is 0 Å². The van der Waals surface area contributed by atoms with E-state index in [0.717, 1.165) is 10.6 Å². The lowest BCUT2D eigenvalue weighted by molar-refractivity contribution is -0.130. The van der Waals surface area contributed by atoms with Gasteiger partial charge in [0.2, 0.25) is 0 Å². The van der Waals surface area contributed by atoms with Crippen molar-refractivity contribution in [2.24, 2.45) is 0 Å². The minimum atomic E-state index is -0.976. The maximum atomic E-state index is 11.3. The predicted octanol–water partition coefficient (Wildman–Crippen LogP) is 5.89. The van der Waals surface area contributed by atoms with E-state index in [4.69, 9.17) is 4.74 Å². The molecule has 0 spiro atoms. The summed E-state index contributed by atoms with van der Waals surface area (Å²) in [4.78, 5) is 12.4. The molecule has 1 aromatic carbocycles. The number of carbonyl (C=O) groups is 1. The highest BCUT2D eigenvalue weighted by molar-refractivity contribution is 7.10. The third-order valence-electron chi connectivity index (χ3n) is 6.81. The SMILES string of the molecule is C=C(C(=O)O)c1csc(C2(C)COc3cc4c(cc32)C(C)(C)CCC4(C)C)c1. The molecule has 1 aliphatic carbocycles. The van der Waals surface area contributed by atoms with E-state index in [9.17, 15) is 9.90 Å². The predicted molar refractivity (Wildman–Crippen MR) is 115 cm³/mol. The number of rotatable bonds is 3. The van der Waals surface area contributed by atoms with E-state index in [2.05, 4.69) is 53.3 Å².